The van der Waals surface area contributed by atoms with Crippen molar-refractivity contribution < 1.29 is 22.4 Å². The monoisotopic (exact) mass is 509 g/mol. The van der Waals surface area contributed by atoms with Gasteiger partial charge < -0.3 is 10.6 Å². The molecule has 1 fully saturated rings. The second kappa shape index (κ2) is 11.5. The third-order valence-corrected chi connectivity index (χ3v) is 7.79. The van der Waals surface area contributed by atoms with Gasteiger partial charge in [-0.1, -0.05) is 30.3 Å². The molecule has 0 radical (unpaired) electrons. The number of hydrogen-bond acceptors (Lipinski definition) is 4. The average Bonchev–Trinajstić information content (AvgIpc) is 2.89. The van der Waals surface area contributed by atoms with Crippen LogP contribution in [0.25, 0.3) is 0 Å². The summed E-state index contributed by atoms with van der Waals surface area (Å²) in [6, 6.07) is 20.5. The Morgan fingerprint density at radius 1 is 0.833 bits per heavy atom. The van der Waals surface area contributed by atoms with Crippen LogP contribution in [0.2, 0.25) is 0 Å². The predicted octanol–water partition coefficient (Wildman–Crippen LogP) is 4.23. The maximum Gasteiger partial charge on any atom is 0.255 e. The molecular formula is C27H28FN3O4S. The zero-order valence-electron chi connectivity index (χ0n) is 19.6. The molecule has 3 aromatic carbocycles. The van der Waals surface area contributed by atoms with E-state index in [0.29, 0.717) is 43.5 Å². The molecule has 0 aromatic heterocycles. The third-order valence-electron chi connectivity index (χ3n) is 6.26. The van der Waals surface area contributed by atoms with Crippen molar-refractivity contribution >= 4 is 27.5 Å². The van der Waals surface area contributed by atoms with Gasteiger partial charge in [-0.15, -0.1) is 0 Å². The Hall–Kier alpha value is -3.56. The summed E-state index contributed by atoms with van der Waals surface area (Å²) in [6.07, 6.45) is 2.26. The van der Waals surface area contributed by atoms with Crippen LogP contribution in [-0.2, 0) is 21.4 Å². The molecule has 2 amide bonds. The lowest BCUT2D eigenvalue weighted by Gasteiger charge is -2.28. The average molecular weight is 510 g/mol. The molecule has 1 aliphatic carbocycles. The molecule has 188 valence electrons. The standard InChI is InChI=1S/C27H28FN3O4S/c28-22-10-6-19(7-11-22)18-29-26(32)21-8-12-24(13-9-21)31-36(34,35)25-16-14-23(15-17-25)30-27(33)20-4-2-1-3-5-20/h1-7,10-11,14-17,21,24,31H,8-9,12-13,18H2,(H,29,32)(H,30,33). The number of carbonyl (C=O) groups excluding carboxylic acids is 2. The number of rotatable bonds is 8. The van der Waals surface area contributed by atoms with E-state index in [1.165, 1.54) is 24.3 Å². The number of carbonyl (C=O) groups is 2. The second-order valence-electron chi connectivity index (χ2n) is 8.86. The van der Waals surface area contributed by atoms with Crippen molar-refractivity contribution in [1.29, 1.82) is 0 Å². The van der Waals surface area contributed by atoms with Gasteiger partial charge in [0.1, 0.15) is 5.82 Å². The Morgan fingerprint density at radius 2 is 1.47 bits per heavy atom. The Kier molecular flexibility index (Phi) is 8.12. The van der Waals surface area contributed by atoms with Gasteiger partial charge in [0.25, 0.3) is 5.91 Å². The molecule has 1 saturated carbocycles. The number of sulfonamides is 1. The van der Waals surface area contributed by atoms with Gasteiger partial charge in [-0.25, -0.2) is 17.5 Å². The second-order valence-corrected chi connectivity index (χ2v) is 10.6. The van der Waals surface area contributed by atoms with E-state index in [1.807, 2.05) is 6.07 Å². The van der Waals surface area contributed by atoms with Gasteiger partial charge in [-0.2, -0.15) is 0 Å². The Balaban J connectivity index is 1.25. The van der Waals surface area contributed by atoms with Gasteiger partial charge in [0.15, 0.2) is 0 Å². The molecule has 3 aromatic rings. The fraction of sp³-hybridized carbons (Fsp3) is 0.259. The van der Waals surface area contributed by atoms with Crippen LogP contribution in [0.4, 0.5) is 10.1 Å². The van der Waals surface area contributed by atoms with E-state index in [-0.39, 0.29) is 34.5 Å². The van der Waals surface area contributed by atoms with Gasteiger partial charge >= 0.3 is 0 Å². The largest absolute Gasteiger partial charge is 0.352 e. The Labute approximate surface area is 210 Å². The molecule has 0 aliphatic heterocycles. The van der Waals surface area contributed by atoms with Crippen molar-refractivity contribution in [3.05, 3.63) is 95.8 Å². The topological polar surface area (TPSA) is 104 Å². The van der Waals surface area contributed by atoms with Crippen molar-refractivity contribution in [2.24, 2.45) is 5.92 Å². The molecule has 0 unspecified atom stereocenters. The fourth-order valence-electron chi connectivity index (χ4n) is 4.21. The van der Waals surface area contributed by atoms with Crippen LogP contribution in [0.1, 0.15) is 41.6 Å². The van der Waals surface area contributed by atoms with Gasteiger partial charge in [-0.05, 0) is 79.8 Å². The quantitative estimate of drug-likeness (QED) is 0.423. The first-order valence-electron chi connectivity index (χ1n) is 11.8. The van der Waals surface area contributed by atoms with Gasteiger partial charge in [0.2, 0.25) is 15.9 Å². The van der Waals surface area contributed by atoms with E-state index in [2.05, 4.69) is 15.4 Å². The van der Waals surface area contributed by atoms with E-state index < -0.39 is 10.0 Å². The minimum Gasteiger partial charge on any atom is -0.352 e. The molecule has 3 N–H and O–H groups in total. The Morgan fingerprint density at radius 3 is 2.11 bits per heavy atom. The summed E-state index contributed by atoms with van der Waals surface area (Å²) in [4.78, 5) is 24.9. The molecule has 7 nitrogen and oxygen atoms in total. The fourth-order valence-corrected chi connectivity index (χ4v) is 5.51. The van der Waals surface area contributed by atoms with Crippen LogP contribution < -0.4 is 15.4 Å². The highest BCUT2D eigenvalue weighted by Crippen LogP contribution is 2.26. The number of amides is 2. The number of benzene rings is 3. The highest BCUT2D eigenvalue weighted by molar-refractivity contribution is 7.89. The van der Waals surface area contributed by atoms with Crippen LogP contribution in [0.5, 0.6) is 0 Å². The summed E-state index contributed by atoms with van der Waals surface area (Å²) in [6.45, 7) is 0.327. The van der Waals surface area contributed by atoms with Crippen molar-refractivity contribution in [1.82, 2.24) is 10.0 Å². The number of nitrogens with one attached hydrogen (secondary N) is 3. The van der Waals surface area contributed by atoms with E-state index >= 15 is 0 Å². The lowest BCUT2D eigenvalue weighted by Crippen LogP contribution is -2.40. The predicted molar refractivity (Wildman–Crippen MR) is 135 cm³/mol. The van der Waals surface area contributed by atoms with Gasteiger partial charge in [0.05, 0.1) is 4.90 Å². The Bertz CT molecular complexity index is 1290. The highest BCUT2D eigenvalue weighted by atomic mass is 32.2. The molecule has 1 aliphatic rings. The zero-order valence-corrected chi connectivity index (χ0v) is 20.4. The SMILES string of the molecule is O=C(Nc1ccc(S(=O)(=O)NC2CCC(C(=O)NCc3ccc(F)cc3)CC2)cc1)c1ccccc1. The maximum atomic E-state index is 13.0. The maximum absolute atomic E-state index is 13.0. The van der Waals surface area contributed by atoms with Crippen molar-refractivity contribution in [3.63, 3.8) is 0 Å². The third kappa shape index (κ3) is 6.77. The molecule has 36 heavy (non-hydrogen) atoms. The van der Waals surface area contributed by atoms with Crippen LogP contribution >= 0.6 is 0 Å². The van der Waals surface area contributed by atoms with Crippen LogP contribution in [-0.4, -0.2) is 26.3 Å². The molecule has 0 heterocycles. The molecular weight excluding hydrogens is 481 g/mol. The molecule has 4 rings (SSSR count). The molecule has 0 spiro atoms. The first-order valence-corrected chi connectivity index (χ1v) is 13.3. The van der Waals surface area contributed by atoms with Crippen molar-refractivity contribution in [3.8, 4) is 0 Å². The summed E-state index contributed by atoms with van der Waals surface area (Å²) >= 11 is 0. The number of halogens is 1. The summed E-state index contributed by atoms with van der Waals surface area (Å²) < 4.78 is 41.4. The number of anilines is 1. The molecule has 0 saturated heterocycles. The lowest BCUT2D eigenvalue weighted by molar-refractivity contribution is -0.126. The summed E-state index contributed by atoms with van der Waals surface area (Å²) in [5, 5.41) is 5.62. The van der Waals surface area contributed by atoms with Crippen LogP contribution in [0.3, 0.4) is 0 Å². The van der Waals surface area contributed by atoms with Crippen LogP contribution in [0.15, 0.2) is 83.8 Å². The van der Waals surface area contributed by atoms with Gasteiger partial charge in [-0.3, -0.25) is 9.59 Å². The first kappa shape index (κ1) is 25.5. The summed E-state index contributed by atoms with van der Waals surface area (Å²) in [5.41, 5.74) is 1.82. The molecule has 0 atom stereocenters. The molecule has 9 heteroatoms. The highest BCUT2D eigenvalue weighted by Gasteiger charge is 2.29. The van der Waals surface area contributed by atoms with E-state index in [9.17, 15) is 22.4 Å². The van der Waals surface area contributed by atoms with Crippen molar-refractivity contribution in [2.45, 2.75) is 43.2 Å². The summed E-state index contributed by atoms with van der Waals surface area (Å²) in [5.74, 6) is -0.855. The minimum absolute atomic E-state index is 0.0752. The first-order chi connectivity index (χ1) is 17.3. The van der Waals surface area contributed by atoms with E-state index in [4.69, 9.17) is 0 Å². The lowest BCUT2D eigenvalue weighted by atomic mass is 9.86. The van der Waals surface area contributed by atoms with Crippen LogP contribution in [0, 0.1) is 11.7 Å². The summed E-state index contributed by atoms with van der Waals surface area (Å²) in [7, 11) is -3.74. The normalized spacial score (nSPS) is 17.8. The van der Waals surface area contributed by atoms with E-state index in [1.54, 1.807) is 48.5 Å². The van der Waals surface area contributed by atoms with Crippen molar-refractivity contribution in [2.75, 3.05) is 5.32 Å². The van der Waals surface area contributed by atoms with Gasteiger partial charge in [0, 0.05) is 29.8 Å². The van der Waals surface area contributed by atoms with E-state index in [0.717, 1.165) is 5.56 Å². The minimum atomic E-state index is -3.74. The smallest absolute Gasteiger partial charge is 0.255 e. The number of hydrogen-bond donors (Lipinski definition) is 3. The molecule has 0 bridgehead atoms. The zero-order chi connectivity index (χ0) is 25.5.